The second-order valence-corrected chi connectivity index (χ2v) is 8.70. The average Bonchev–Trinajstić information content (AvgIpc) is 2.90. The molecule has 0 spiro atoms. The van der Waals surface area contributed by atoms with E-state index < -0.39 is 0 Å². The lowest BCUT2D eigenvalue weighted by molar-refractivity contribution is -0.116. The third-order valence-electron chi connectivity index (χ3n) is 5.43. The lowest BCUT2D eigenvalue weighted by atomic mass is 10.1. The van der Waals surface area contributed by atoms with Crippen LogP contribution in [0.2, 0.25) is 0 Å². The van der Waals surface area contributed by atoms with Crippen LogP contribution >= 0.6 is 0 Å². The summed E-state index contributed by atoms with van der Waals surface area (Å²) in [6.07, 6.45) is 6.37. The van der Waals surface area contributed by atoms with Crippen molar-refractivity contribution in [3.63, 3.8) is 0 Å². The minimum Gasteiger partial charge on any atom is -0.326 e. The molecular formula is C28H29N7O2. The SMILES string of the molecule is CN(C)CCCC(=O)Nc1ccc(C(=O)Nc2cccc(Nc3nccc(-c4cccnc4)n3)c2)cc1. The molecule has 0 aliphatic carbocycles. The first-order valence-corrected chi connectivity index (χ1v) is 11.9. The fraction of sp³-hybridized carbons (Fsp3) is 0.179. The normalized spacial score (nSPS) is 10.7. The van der Waals surface area contributed by atoms with Crippen LogP contribution in [0.1, 0.15) is 23.2 Å². The number of hydrogen-bond donors (Lipinski definition) is 3. The van der Waals surface area contributed by atoms with Gasteiger partial charge in [-0.05, 0) is 87.7 Å². The number of nitrogens with one attached hydrogen (secondary N) is 3. The second-order valence-electron chi connectivity index (χ2n) is 8.70. The zero-order chi connectivity index (χ0) is 26.0. The molecule has 37 heavy (non-hydrogen) atoms. The number of rotatable bonds is 10. The molecule has 3 N–H and O–H groups in total. The first kappa shape index (κ1) is 25.5. The summed E-state index contributed by atoms with van der Waals surface area (Å²) in [6, 6.07) is 19.7. The van der Waals surface area contributed by atoms with Gasteiger partial charge >= 0.3 is 0 Å². The molecule has 0 saturated carbocycles. The minimum absolute atomic E-state index is 0.0432. The van der Waals surface area contributed by atoms with Crippen molar-refractivity contribution >= 4 is 34.8 Å². The zero-order valence-electron chi connectivity index (χ0n) is 20.8. The maximum absolute atomic E-state index is 12.8. The highest BCUT2D eigenvalue weighted by atomic mass is 16.2. The van der Waals surface area contributed by atoms with Crippen LogP contribution in [0, 0.1) is 0 Å². The molecule has 2 amide bonds. The predicted octanol–water partition coefficient (Wildman–Crippen LogP) is 4.81. The van der Waals surface area contributed by atoms with Crippen molar-refractivity contribution in [2.75, 3.05) is 36.6 Å². The predicted molar refractivity (Wildman–Crippen MR) is 146 cm³/mol. The number of pyridine rings is 1. The highest BCUT2D eigenvalue weighted by Crippen LogP contribution is 2.21. The van der Waals surface area contributed by atoms with Crippen molar-refractivity contribution in [3.05, 3.63) is 90.9 Å². The molecule has 0 unspecified atom stereocenters. The maximum atomic E-state index is 12.8. The van der Waals surface area contributed by atoms with E-state index in [0.717, 1.165) is 29.9 Å². The molecule has 0 radical (unpaired) electrons. The average molecular weight is 496 g/mol. The molecule has 4 rings (SSSR count). The minimum atomic E-state index is -0.254. The molecule has 0 aliphatic rings. The van der Waals surface area contributed by atoms with E-state index in [4.69, 9.17) is 0 Å². The highest BCUT2D eigenvalue weighted by Gasteiger charge is 2.09. The standard InChI is InChI=1S/C28H29N7O2/c1-35(2)17-5-9-26(36)31-22-12-10-20(11-13-22)27(37)32-23-7-3-8-24(18-23)33-28-30-16-14-25(34-28)21-6-4-15-29-19-21/h3-4,6-8,10-16,18-19H,5,9,17H2,1-2H3,(H,31,36)(H,32,37)(H,30,33,34). The smallest absolute Gasteiger partial charge is 0.255 e. The van der Waals surface area contributed by atoms with Crippen LogP contribution in [-0.2, 0) is 4.79 Å². The summed E-state index contributed by atoms with van der Waals surface area (Å²) >= 11 is 0. The van der Waals surface area contributed by atoms with Gasteiger partial charge in [0.05, 0.1) is 5.69 Å². The molecule has 0 aliphatic heterocycles. The Labute approximate surface area is 216 Å². The van der Waals surface area contributed by atoms with Crippen molar-refractivity contribution in [1.29, 1.82) is 0 Å². The molecule has 0 saturated heterocycles. The van der Waals surface area contributed by atoms with Gasteiger partial charge in [-0.3, -0.25) is 14.6 Å². The van der Waals surface area contributed by atoms with Crippen LogP contribution < -0.4 is 16.0 Å². The monoisotopic (exact) mass is 495 g/mol. The van der Waals surface area contributed by atoms with Gasteiger partial charge in [0.2, 0.25) is 11.9 Å². The number of aromatic nitrogens is 3. The summed E-state index contributed by atoms with van der Waals surface area (Å²) in [5.41, 5.74) is 4.14. The van der Waals surface area contributed by atoms with Gasteiger partial charge in [-0.15, -0.1) is 0 Å². The Bertz CT molecular complexity index is 1340. The number of hydrogen-bond acceptors (Lipinski definition) is 7. The Morgan fingerprint density at radius 2 is 1.68 bits per heavy atom. The van der Waals surface area contributed by atoms with Crippen molar-refractivity contribution in [2.45, 2.75) is 12.8 Å². The molecule has 9 nitrogen and oxygen atoms in total. The van der Waals surface area contributed by atoms with E-state index in [9.17, 15) is 9.59 Å². The van der Waals surface area contributed by atoms with Crippen molar-refractivity contribution < 1.29 is 9.59 Å². The summed E-state index contributed by atoms with van der Waals surface area (Å²) < 4.78 is 0. The molecule has 188 valence electrons. The van der Waals surface area contributed by atoms with Crippen LogP contribution in [0.25, 0.3) is 11.3 Å². The summed E-state index contributed by atoms with van der Waals surface area (Å²) in [6.45, 7) is 0.855. The molecule has 0 fully saturated rings. The summed E-state index contributed by atoms with van der Waals surface area (Å²) in [7, 11) is 3.96. The number of carbonyl (C=O) groups is 2. The Kier molecular flexibility index (Phi) is 8.51. The first-order valence-electron chi connectivity index (χ1n) is 11.9. The molecule has 2 aromatic heterocycles. The van der Waals surface area contributed by atoms with E-state index in [0.29, 0.717) is 29.3 Å². The first-order chi connectivity index (χ1) is 18.0. The molecule has 9 heteroatoms. The Morgan fingerprint density at radius 3 is 2.43 bits per heavy atom. The number of amides is 2. The van der Waals surface area contributed by atoms with E-state index in [-0.39, 0.29) is 11.8 Å². The van der Waals surface area contributed by atoms with E-state index in [1.165, 1.54) is 0 Å². The number of anilines is 4. The fourth-order valence-electron chi connectivity index (χ4n) is 3.59. The van der Waals surface area contributed by atoms with Gasteiger partial charge in [0.1, 0.15) is 0 Å². The molecule has 2 aromatic carbocycles. The summed E-state index contributed by atoms with van der Waals surface area (Å²) in [5, 5.41) is 8.94. The molecule has 2 heterocycles. The van der Waals surface area contributed by atoms with Gasteiger partial charge in [-0.1, -0.05) is 6.07 Å². The van der Waals surface area contributed by atoms with Crippen molar-refractivity contribution in [3.8, 4) is 11.3 Å². The topological polar surface area (TPSA) is 112 Å². The van der Waals surface area contributed by atoms with Crippen molar-refractivity contribution in [2.24, 2.45) is 0 Å². The third-order valence-corrected chi connectivity index (χ3v) is 5.43. The highest BCUT2D eigenvalue weighted by molar-refractivity contribution is 6.05. The summed E-state index contributed by atoms with van der Waals surface area (Å²) in [5.74, 6) is 0.137. The Balaban J connectivity index is 1.35. The lowest BCUT2D eigenvalue weighted by Gasteiger charge is -2.11. The number of carbonyl (C=O) groups excluding carboxylic acids is 2. The van der Waals surface area contributed by atoms with E-state index >= 15 is 0 Å². The van der Waals surface area contributed by atoms with E-state index in [1.54, 1.807) is 55.0 Å². The largest absolute Gasteiger partial charge is 0.326 e. The molecule has 0 atom stereocenters. The Hall–Kier alpha value is -4.63. The number of benzene rings is 2. The Morgan fingerprint density at radius 1 is 0.865 bits per heavy atom. The second kappa shape index (κ2) is 12.4. The van der Waals surface area contributed by atoms with Gasteiger partial charge in [-0.2, -0.15) is 0 Å². The lowest BCUT2D eigenvalue weighted by Crippen LogP contribution is -2.17. The van der Waals surface area contributed by atoms with Crippen molar-refractivity contribution in [1.82, 2.24) is 19.9 Å². The number of nitrogens with zero attached hydrogens (tertiary/aromatic N) is 4. The van der Waals surface area contributed by atoms with Crippen LogP contribution in [-0.4, -0.2) is 52.3 Å². The summed E-state index contributed by atoms with van der Waals surface area (Å²) in [4.78, 5) is 39.9. The molecule has 0 bridgehead atoms. The maximum Gasteiger partial charge on any atom is 0.255 e. The van der Waals surface area contributed by atoms with Crippen LogP contribution in [0.4, 0.5) is 23.0 Å². The van der Waals surface area contributed by atoms with Gasteiger partial charge in [0.25, 0.3) is 5.91 Å². The van der Waals surface area contributed by atoms with Gasteiger partial charge < -0.3 is 20.9 Å². The van der Waals surface area contributed by atoms with Crippen LogP contribution in [0.15, 0.2) is 85.3 Å². The molecule has 4 aromatic rings. The zero-order valence-corrected chi connectivity index (χ0v) is 20.8. The molecular weight excluding hydrogens is 466 g/mol. The van der Waals surface area contributed by atoms with Crippen LogP contribution in [0.5, 0.6) is 0 Å². The van der Waals surface area contributed by atoms with Crippen LogP contribution in [0.3, 0.4) is 0 Å². The van der Waals surface area contributed by atoms with Gasteiger partial charge in [0.15, 0.2) is 0 Å². The van der Waals surface area contributed by atoms with Gasteiger partial charge in [-0.25, -0.2) is 9.97 Å². The fourth-order valence-corrected chi connectivity index (χ4v) is 3.59. The van der Waals surface area contributed by atoms with E-state index in [1.807, 2.05) is 49.3 Å². The van der Waals surface area contributed by atoms with E-state index in [2.05, 4.69) is 30.9 Å². The quantitative estimate of drug-likeness (QED) is 0.289. The third kappa shape index (κ3) is 7.68. The van der Waals surface area contributed by atoms with Gasteiger partial charge in [0, 0.05) is 53.2 Å².